The van der Waals surface area contributed by atoms with E-state index in [4.69, 9.17) is 10.5 Å². The van der Waals surface area contributed by atoms with Gasteiger partial charge in [0.1, 0.15) is 5.75 Å². The number of benzene rings is 1. The number of halogens is 1. The topological polar surface area (TPSA) is 94.3 Å². The van der Waals surface area contributed by atoms with Gasteiger partial charge in [0.05, 0.1) is 23.9 Å². The molecule has 8 heteroatoms. The van der Waals surface area contributed by atoms with Gasteiger partial charge >= 0.3 is 0 Å². The first kappa shape index (κ1) is 15.2. The van der Waals surface area contributed by atoms with Crippen LogP contribution in [0.25, 0.3) is 0 Å². The van der Waals surface area contributed by atoms with Gasteiger partial charge in [-0.05, 0) is 24.3 Å². The Labute approximate surface area is 121 Å². The van der Waals surface area contributed by atoms with Crippen molar-refractivity contribution in [3.63, 3.8) is 0 Å². The quantitative estimate of drug-likeness (QED) is 0.872. The molecule has 6 nitrogen and oxygen atoms in total. The van der Waals surface area contributed by atoms with Crippen LogP contribution < -0.4 is 15.2 Å². The molecular formula is C13H14FN3O3S. The monoisotopic (exact) mass is 311 g/mol. The highest BCUT2D eigenvalue weighted by atomic mass is 32.2. The van der Waals surface area contributed by atoms with Crippen LogP contribution in [-0.2, 0) is 16.6 Å². The Kier molecular flexibility index (Phi) is 4.39. The summed E-state index contributed by atoms with van der Waals surface area (Å²) in [5.74, 6) is -0.264. The number of anilines is 1. The molecule has 0 bridgehead atoms. The molecule has 0 aliphatic rings. The summed E-state index contributed by atoms with van der Waals surface area (Å²) in [5.41, 5.74) is 5.92. The molecule has 0 atom stereocenters. The zero-order valence-electron chi connectivity index (χ0n) is 11.2. The Hall–Kier alpha value is -2.19. The minimum atomic E-state index is -3.92. The summed E-state index contributed by atoms with van der Waals surface area (Å²) >= 11 is 0. The van der Waals surface area contributed by atoms with Crippen molar-refractivity contribution in [1.82, 2.24) is 4.98 Å². The van der Waals surface area contributed by atoms with Gasteiger partial charge in [-0.1, -0.05) is 0 Å². The lowest BCUT2D eigenvalue weighted by Gasteiger charge is -2.11. The van der Waals surface area contributed by atoms with Gasteiger partial charge < -0.3 is 10.5 Å². The molecule has 0 aliphatic heterocycles. The normalized spacial score (nSPS) is 11.2. The summed E-state index contributed by atoms with van der Waals surface area (Å²) in [6.07, 6.45) is 2.22. The van der Waals surface area contributed by atoms with Gasteiger partial charge in [-0.3, -0.25) is 9.71 Å². The molecule has 0 saturated carbocycles. The smallest absolute Gasteiger partial charge is 0.262 e. The third kappa shape index (κ3) is 3.29. The zero-order valence-corrected chi connectivity index (χ0v) is 12.0. The second-order valence-corrected chi connectivity index (χ2v) is 5.82. The minimum absolute atomic E-state index is 0.0278. The Morgan fingerprint density at radius 3 is 2.76 bits per heavy atom. The van der Waals surface area contributed by atoms with Gasteiger partial charge in [-0.25, -0.2) is 12.8 Å². The molecule has 0 aliphatic carbocycles. The second-order valence-electron chi connectivity index (χ2n) is 4.14. The summed E-state index contributed by atoms with van der Waals surface area (Å²) in [4.78, 5) is 3.53. The predicted molar refractivity (Wildman–Crippen MR) is 75.9 cm³/mol. The first-order chi connectivity index (χ1) is 9.97. The number of ether oxygens (including phenoxy) is 1. The molecule has 0 spiro atoms. The van der Waals surface area contributed by atoms with E-state index in [1.54, 1.807) is 0 Å². The number of pyridine rings is 1. The molecule has 21 heavy (non-hydrogen) atoms. The standard InChI is InChI=1S/C13H14FN3O3S/c1-20-13-3-2-10(6-9(13)7-15)21(18,19)17-12-4-5-16-8-11(12)14/h2-6,8H,7,15H2,1H3,(H,16,17). The Bertz CT molecular complexity index is 750. The fraction of sp³-hybridized carbons (Fsp3) is 0.154. The first-order valence-electron chi connectivity index (χ1n) is 5.97. The molecule has 0 fully saturated rings. The molecule has 1 aromatic carbocycles. The van der Waals surface area contributed by atoms with Gasteiger partial charge in [0, 0.05) is 18.3 Å². The number of hydrogen-bond acceptors (Lipinski definition) is 5. The van der Waals surface area contributed by atoms with E-state index in [9.17, 15) is 12.8 Å². The summed E-state index contributed by atoms with van der Waals surface area (Å²) < 4.78 is 45.2. The molecule has 1 aromatic heterocycles. The van der Waals surface area contributed by atoms with E-state index in [2.05, 4.69) is 9.71 Å². The molecule has 112 valence electrons. The van der Waals surface area contributed by atoms with Crippen molar-refractivity contribution in [2.75, 3.05) is 11.8 Å². The van der Waals surface area contributed by atoms with E-state index < -0.39 is 15.8 Å². The van der Waals surface area contributed by atoms with Crippen LogP contribution >= 0.6 is 0 Å². The highest BCUT2D eigenvalue weighted by molar-refractivity contribution is 7.92. The number of nitrogens with two attached hydrogens (primary N) is 1. The third-order valence-corrected chi connectivity index (χ3v) is 4.16. The van der Waals surface area contributed by atoms with E-state index in [0.717, 1.165) is 6.20 Å². The van der Waals surface area contributed by atoms with E-state index in [1.807, 2.05) is 0 Å². The molecule has 0 unspecified atom stereocenters. The van der Waals surface area contributed by atoms with E-state index in [0.29, 0.717) is 11.3 Å². The summed E-state index contributed by atoms with van der Waals surface area (Å²) in [6.45, 7) is 0.121. The highest BCUT2D eigenvalue weighted by Crippen LogP contribution is 2.24. The van der Waals surface area contributed by atoms with Crippen molar-refractivity contribution >= 4 is 15.7 Å². The second kappa shape index (κ2) is 6.06. The van der Waals surface area contributed by atoms with Crippen LogP contribution in [-0.4, -0.2) is 20.5 Å². The Morgan fingerprint density at radius 1 is 1.38 bits per heavy atom. The predicted octanol–water partition coefficient (Wildman–Crippen LogP) is 1.49. The number of aromatic nitrogens is 1. The molecule has 2 rings (SSSR count). The summed E-state index contributed by atoms with van der Waals surface area (Å²) in [7, 11) is -2.46. The van der Waals surface area contributed by atoms with Crippen LogP contribution in [0.15, 0.2) is 41.6 Å². The largest absolute Gasteiger partial charge is 0.496 e. The lowest BCUT2D eigenvalue weighted by molar-refractivity contribution is 0.409. The molecule has 2 aromatic rings. The average Bonchev–Trinajstić information content (AvgIpc) is 2.48. The number of hydrogen-bond donors (Lipinski definition) is 2. The van der Waals surface area contributed by atoms with Crippen molar-refractivity contribution in [1.29, 1.82) is 0 Å². The van der Waals surface area contributed by atoms with E-state index in [-0.39, 0.29) is 17.1 Å². The maximum Gasteiger partial charge on any atom is 0.262 e. The Morgan fingerprint density at radius 2 is 2.14 bits per heavy atom. The number of rotatable bonds is 5. The number of sulfonamides is 1. The van der Waals surface area contributed by atoms with Gasteiger partial charge in [0.2, 0.25) is 0 Å². The van der Waals surface area contributed by atoms with Crippen LogP contribution in [0.5, 0.6) is 5.75 Å². The lowest BCUT2D eigenvalue weighted by atomic mass is 10.2. The zero-order chi connectivity index (χ0) is 15.5. The maximum absolute atomic E-state index is 13.5. The summed E-state index contributed by atoms with van der Waals surface area (Å²) in [6, 6.07) is 5.49. The molecule has 0 radical (unpaired) electrons. The molecule has 0 saturated heterocycles. The van der Waals surface area contributed by atoms with E-state index >= 15 is 0 Å². The third-order valence-electron chi connectivity index (χ3n) is 2.80. The van der Waals surface area contributed by atoms with Gasteiger partial charge in [0.15, 0.2) is 5.82 Å². The van der Waals surface area contributed by atoms with Crippen molar-refractivity contribution in [3.05, 3.63) is 48.0 Å². The van der Waals surface area contributed by atoms with Gasteiger partial charge in [-0.2, -0.15) is 0 Å². The average molecular weight is 311 g/mol. The molecule has 3 N–H and O–H groups in total. The maximum atomic E-state index is 13.5. The first-order valence-corrected chi connectivity index (χ1v) is 7.45. The fourth-order valence-corrected chi connectivity index (χ4v) is 2.86. The van der Waals surface area contributed by atoms with Crippen LogP contribution in [0.4, 0.5) is 10.1 Å². The van der Waals surface area contributed by atoms with Crippen LogP contribution in [0.3, 0.4) is 0 Å². The van der Waals surface area contributed by atoms with Crippen LogP contribution in [0, 0.1) is 5.82 Å². The van der Waals surface area contributed by atoms with Gasteiger partial charge in [0.25, 0.3) is 10.0 Å². The van der Waals surface area contributed by atoms with Crippen molar-refractivity contribution in [2.24, 2.45) is 5.73 Å². The number of nitrogens with zero attached hydrogens (tertiary/aromatic N) is 1. The lowest BCUT2D eigenvalue weighted by Crippen LogP contribution is -2.15. The van der Waals surface area contributed by atoms with Crippen LogP contribution in [0.2, 0.25) is 0 Å². The number of methoxy groups -OCH3 is 1. The molecule has 0 amide bonds. The minimum Gasteiger partial charge on any atom is -0.496 e. The van der Waals surface area contributed by atoms with Crippen LogP contribution in [0.1, 0.15) is 5.56 Å². The van der Waals surface area contributed by atoms with Crippen molar-refractivity contribution < 1.29 is 17.5 Å². The molecular weight excluding hydrogens is 297 g/mol. The Balaban J connectivity index is 2.38. The summed E-state index contributed by atoms with van der Waals surface area (Å²) in [5, 5.41) is 0. The van der Waals surface area contributed by atoms with Crippen molar-refractivity contribution in [3.8, 4) is 5.75 Å². The van der Waals surface area contributed by atoms with Gasteiger partial charge in [-0.15, -0.1) is 0 Å². The molecule has 1 heterocycles. The highest BCUT2D eigenvalue weighted by Gasteiger charge is 2.18. The fourth-order valence-electron chi connectivity index (χ4n) is 1.74. The number of nitrogens with one attached hydrogen (secondary N) is 1. The SMILES string of the molecule is COc1ccc(S(=O)(=O)Nc2ccncc2F)cc1CN. The van der Waals surface area contributed by atoms with Crippen molar-refractivity contribution in [2.45, 2.75) is 11.4 Å². The van der Waals surface area contributed by atoms with E-state index in [1.165, 1.54) is 37.6 Å².